The number of carboxylic acid groups (broad SMARTS) is 2. The molecule has 1 aromatic carbocycles. The second-order valence-electron chi connectivity index (χ2n) is 7.23. The minimum absolute atomic E-state index is 0.0573. The zero-order chi connectivity index (χ0) is 17.8. The summed E-state index contributed by atoms with van der Waals surface area (Å²) >= 11 is 0. The van der Waals surface area contributed by atoms with Gasteiger partial charge in [0.05, 0.1) is 5.41 Å². The van der Waals surface area contributed by atoms with Crippen LogP contribution in [0.5, 0.6) is 0 Å². The number of Topliss-reactive ketones (excluding diaryl/α,β-unsaturated/α-hetero) is 1. The Morgan fingerprint density at radius 3 is 1.78 bits per heavy atom. The molecule has 0 aromatic heterocycles. The molecule has 5 nitrogen and oxygen atoms in total. The van der Waals surface area contributed by atoms with Gasteiger partial charge in [0.1, 0.15) is 0 Å². The predicted octanol–water partition coefficient (Wildman–Crippen LogP) is 3.13. The molecule has 126 valence electrons. The first-order valence-corrected chi connectivity index (χ1v) is 7.54. The number of carbonyl (C=O) groups excluding carboxylic acids is 1. The third kappa shape index (κ3) is 4.65. The topological polar surface area (TPSA) is 91.7 Å². The van der Waals surface area contributed by atoms with Crippen LogP contribution in [0.2, 0.25) is 0 Å². The first-order valence-electron chi connectivity index (χ1n) is 7.54. The number of benzene rings is 1. The van der Waals surface area contributed by atoms with Gasteiger partial charge in [0.25, 0.3) is 0 Å². The quantitative estimate of drug-likeness (QED) is 0.753. The smallest absolute Gasteiger partial charge is 0.325 e. The summed E-state index contributed by atoms with van der Waals surface area (Å²) in [5, 5.41) is 18.3. The lowest BCUT2D eigenvalue weighted by Crippen LogP contribution is -2.44. The third-order valence-electron chi connectivity index (χ3n) is 4.09. The minimum atomic E-state index is -2.06. The molecular weight excluding hydrogens is 296 g/mol. The maximum absolute atomic E-state index is 12.8. The van der Waals surface area contributed by atoms with Crippen molar-refractivity contribution in [1.29, 1.82) is 0 Å². The van der Waals surface area contributed by atoms with Crippen LogP contribution in [0.4, 0.5) is 0 Å². The number of carboxylic acids is 2. The Hall–Kier alpha value is -2.17. The van der Waals surface area contributed by atoms with Crippen LogP contribution in [0.3, 0.4) is 0 Å². The minimum Gasteiger partial charge on any atom is -0.480 e. The van der Waals surface area contributed by atoms with E-state index in [1.807, 2.05) is 20.8 Å². The molecule has 0 aliphatic carbocycles. The second kappa shape index (κ2) is 6.94. The Morgan fingerprint density at radius 1 is 0.913 bits per heavy atom. The number of ketones is 1. The first kappa shape index (κ1) is 18.9. The molecule has 23 heavy (non-hydrogen) atoms. The predicted molar refractivity (Wildman–Crippen MR) is 86.3 cm³/mol. The number of carbonyl (C=O) groups is 3. The van der Waals surface area contributed by atoms with Crippen LogP contribution in [0.25, 0.3) is 0 Å². The van der Waals surface area contributed by atoms with Crippen molar-refractivity contribution in [1.82, 2.24) is 0 Å². The summed E-state index contributed by atoms with van der Waals surface area (Å²) < 4.78 is 0. The van der Waals surface area contributed by atoms with Gasteiger partial charge in [-0.05, 0) is 30.7 Å². The largest absolute Gasteiger partial charge is 0.480 e. The molecule has 0 radical (unpaired) electrons. The summed E-state index contributed by atoms with van der Waals surface area (Å²) in [6.07, 6.45) is 1.05. The molecule has 1 rings (SSSR count). The van der Waals surface area contributed by atoms with Crippen molar-refractivity contribution in [2.75, 3.05) is 0 Å². The summed E-state index contributed by atoms with van der Waals surface area (Å²) in [5.74, 6) is -6.09. The van der Waals surface area contributed by atoms with E-state index < -0.39 is 29.1 Å². The highest BCUT2D eigenvalue weighted by molar-refractivity contribution is 6.17. The fraction of sp³-hybridized carbons (Fsp3) is 0.500. The Kier molecular flexibility index (Phi) is 5.70. The summed E-state index contributed by atoms with van der Waals surface area (Å²) in [6, 6.07) is 8.79. The number of hydrogen-bond acceptors (Lipinski definition) is 3. The lowest BCUT2D eigenvalue weighted by Gasteiger charge is -2.33. The number of rotatable bonds is 7. The van der Waals surface area contributed by atoms with Gasteiger partial charge < -0.3 is 10.2 Å². The van der Waals surface area contributed by atoms with Gasteiger partial charge in [-0.1, -0.05) is 51.1 Å². The summed E-state index contributed by atoms with van der Waals surface area (Å²) in [4.78, 5) is 35.3. The second-order valence-corrected chi connectivity index (χ2v) is 7.23. The highest BCUT2D eigenvalue weighted by Crippen LogP contribution is 2.36. The van der Waals surface area contributed by atoms with Crippen molar-refractivity contribution in [2.24, 2.45) is 11.3 Å². The third-order valence-corrected chi connectivity index (χ3v) is 4.09. The van der Waals surface area contributed by atoms with Crippen LogP contribution in [-0.4, -0.2) is 27.9 Å². The Labute approximate surface area is 136 Å². The van der Waals surface area contributed by atoms with Crippen molar-refractivity contribution in [3.05, 3.63) is 35.9 Å². The molecule has 1 atom stereocenters. The normalized spacial score (nSPS) is 14.3. The molecule has 0 unspecified atom stereocenters. The van der Waals surface area contributed by atoms with Crippen LogP contribution < -0.4 is 0 Å². The van der Waals surface area contributed by atoms with Crippen molar-refractivity contribution in [3.8, 4) is 0 Å². The van der Waals surface area contributed by atoms with Crippen LogP contribution in [0.15, 0.2) is 30.3 Å². The molecule has 0 heterocycles. The van der Waals surface area contributed by atoms with Crippen molar-refractivity contribution < 1.29 is 24.6 Å². The molecule has 0 spiro atoms. The summed E-state index contributed by atoms with van der Waals surface area (Å²) in [7, 11) is 0. The van der Waals surface area contributed by atoms with Crippen molar-refractivity contribution >= 4 is 17.7 Å². The van der Waals surface area contributed by atoms with E-state index in [2.05, 4.69) is 0 Å². The van der Waals surface area contributed by atoms with E-state index in [4.69, 9.17) is 10.2 Å². The lowest BCUT2D eigenvalue weighted by molar-refractivity contribution is -0.159. The van der Waals surface area contributed by atoms with Gasteiger partial charge in [-0.25, -0.2) is 0 Å². The molecule has 0 aliphatic heterocycles. The van der Waals surface area contributed by atoms with Gasteiger partial charge >= 0.3 is 11.9 Å². The van der Waals surface area contributed by atoms with Gasteiger partial charge in [-0.3, -0.25) is 14.4 Å². The van der Waals surface area contributed by atoms with Gasteiger partial charge in [0, 0.05) is 0 Å². The fourth-order valence-corrected chi connectivity index (χ4v) is 2.49. The van der Waals surface area contributed by atoms with E-state index in [1.165, 1.54) is 0 Å². The van der Waals surface area contributed by atoms with Crippen LogP contribution in [0.1, 0.15) is 46.1 Å². The molecule has 0 aliphatic rings. The maximum Gasteiger partial charge on any atom is 0.325 e. The molecule has 1 aromatic rings. The highest BCUT2D eigenvalue weighted by Gasteiger charge is 2.46. The molecule has 0 fully saturated rings. The van der Waals surface area contributed by atoms with Gasteiger partial charge in [-0.2, -0.15) is 0 Å². The summed E-state index contributed by atoms with van der Waals surface area (Å²) in [6.45, 7) is 7.70. The molecule has 2 N–H and O–H groups in total. The average molecular weight is 320 g/mol. The van der Waals surface area contributed by atoms with Crippen molar-refractivity contribution in [3.63, 3.8) is 0 Å². The van der Waals surface area contributed by atoms with E-state index in [-0.39, 0.29) is 5.41 Å². The Balaban J connectivity index is 3.31. The molecule has 0 saturated heterocycles. The van der Waals surface area contributed by atoms with Gasteiger partial charge in [0.15, 0.2) is 5.78 Å². The molecule has 5 heteroatoms. The SMILES string of the molecule is CC(C)(C)CC[C@@](C)(C(=O)C(C(=O)O)C(=O)O)c1ccccc1. The molecular formula is C18H24O5. The standard InChI is InChI=1S/C18H24O5/c1-17(2,3)10-11-18(4,12-8-6-5-7-9-12)14(19)13(15(20)21)16(22)23/h5-9,13H,10-11H2,1-4H3,(H,20,21)(H,22,23)/t18-/m1/s1. The van der Waals surface area contributed by atoms with Crippen LogP contribution in [-0.2, 0) is 19.8 Å². The zero-order valence-electron chi connectivity index (χ0n) is 14.0. The monoisotopic (exact) mass is 320 g/mol. The molecule has 0 bridgehead atoms. The number of aliphatic carboxylic acids is 2. The molecule has 0 amide bonds. The fourth-order valence-electron chi connectivity index (χ4n) is 2.49. The Bertz CT molecular complexity index is 571. The van der Waals surface area contributed by atoms with Gasteiger partial charge in [0.2, 0.25) is 5.92 Å². The van der Waals surface area contributed by atoms with E-state index in [9.17, 15) is 14.4 Å². The van der Waals surface area contributed by atoms with Gasteiger partial charge in [-0.15, -0.1) is 0 Å². The van der Waals surface area contributed by atoms with Crippen molar-refractivity contribution in [2.45, 2.75) is 46.0 Å². The average Bonchev–Trinajstić information content (AvgIpc) is 2.44. The van der Waals surface area contributed by atoms with Crippen LogP contribution in [0, 0.1) is 11.3 Å². The lowest BCUT2D eigenvalue weighted by atomic mass is 9.69. The van der Waals surface area contributed by atoms with E-state index >= 15 is 0 Å². The summed E-state index contributed by atoms with van der Waals surface area (Å²) in [5.41, 5.74) is -0.574. The Morgan fingerprint density at radius 2 is 1.39 bits per heavy atom. The zero-order valence-corrected chi connectivity index (χ0v) is 14.0. The first-order chi connectivity index (χ1) is 10.5. The van der Waals surface area contributed by atoms with E-state index in [0.717, 1.165) is 0 Å². The van der Waals surface area contributed by atoms with E-state index in [1.54, 1.807) is 37.3 Å². The molecule has 0 saturated carbocycles. The highest BCUT2D eigenvalue weighted by atomic mass is 16.4. The van der Waals surface area contributed by atoms with Crippen LogP contribution >= 0.6 is 0 Å². The van der Waals surface area contributed by atoms with E-state index in [0.29, 0.717) is 18.4 Å². The number of hydrogen-bond donors (Lipinski definition) is 2. The maximum atomic E-state index is 12.8.